The highest BCUT2D eigenvalue weighted by atomic mass is 19.1. The molecule has 0 spiro atoms. The summed E-state index contributed by atoms with van der Waals surface area (Å²) in [6, 6.07) is 14.1. The molecule has 2 aromatic carbocycles. The molecule has 2 aromatic rings. The van der Waals surface area contributed by atoms with Gasteiger partial charge in [0, 0.05) is 18.1 Å². The van der Waals surface area contributed by atoms with Crippen LogP contribution in [-0.2, 0) is 6.42 Å². The summed E-state index contributed by atoms with van der Waals surface area (Å²) in [7, 11) is 0. The monoisotopic (exact) mass is 260 g/mol. The SMILES string of the molecule is CC(O)c1ccc(F)cc1OCCc1ccccc1. The molecule has 19 heavy (non-hydrogen) atoms. The normalized spacial score (nSPS) is 12.2. The average molecular weight is 260 g/mol. The van der Waals surface area contributed by atoms with Crippen LogP contribution in [0.2, 0.25) is 0 Å². The lowest BCUT2D eigenvalue weighted by Crippen LogP contribution is -2.05. The van der Waals surface area contributed by atoms with Crippen molar-refractivity contribution in [2.45, 2.75) is 19.4 Å². The number of aliphatic hydroxyl groups excluding tert-OH is 1. The van der Waals surface area contributed by atoms with E-state index in [0.717, 1.165) is 12.0 Å². The van der Waals surface area contributed by atoms with Gasteiger partial charge in [-0.1, -0.05) is 30.3 Å². The fourth-order valence-electron chi connectivity index (χ4n) is 1.90. The van der Waals surface area contributed by atoms with E-state index in [1.54, 1.807) is 13.0 Å². The van der Waals surface area contributed by atoms with E-state index in [2.05, 4.69) is 0 Å². The average Bonchev–Trinajstić information content (AvgIpc) is 2.39. The highest BCUT2D eigenvalue weighted by molar-refractivity contribution is 5.35. The van der Waals surface area contributed by atoms with Crippen LogP contribution in [0.4, 0.5) is 4.39 Å². The van der Waals surface area contributed by atoms with Gasteiger partial charge in [-0.05, 0) is 24.6 Å². The molecule has 0 aliphatic heterocycles. The lowest BCUT2D eigenvalue weighted by molar-refractivity contribution is 0.191. The molecule has 0 aromatic heterocycles. The summed E-state index contributed by atoms with van der Waals surface area (Å²) in [5.41, 5.74) is 1.77. The Bertz CT molecular complexity index is 524. The summed E-state index contributed by atoms with van der Waals surface area (Å²) >= 11 is 0. The van der Waals surface area contributed by atoms with Gasteiger partial charge in [0.2, 0.25) is 0 Å². The third-order valence-corrected chi connectivity index (χ3v) is 2.92. The van der Waals surface area contributed by atoms with Gasteiger partial charge in [0.25, 0.3) is 0 Å². The predicted molar refractivity (Wildman–Crippen MR) is 72.7 cm³/mol. The van der Waals surface area contributed by atoms with E-state index < -0.39 is 6.10 Å². The van der Waals surface area contributed by atoms with Crippen LogP contribution < -0.4 is 4.74 Å². The fraction of sp³-hybridized carbons (Fsp3) is 0.250. The molecule has 3 heteroatoms. The van der Waals surface area contributed by atoms with Crippen molar-refractivity contribution in [3.8, 4) is 5.75 Å². The Morgan fingerprint density at radius 1 is 1.16 bits per heavy atom. The Labute approximate surface area is 112 Å². The number of hydrogen-bond acceptors (Lipinski definition) is 2. The van der Waals surface area contributed by atoms with E-state index in [-0.39, 0.29) is 5.82 Å². The number of halogens is 1. The van der Waals surface area contributed by atoms with E-state index in [1.807, 2.05) is 30.3 Å². The van der Waals surface area contributed by atoms with Crippen LogP contribution in [0.3, 0.4) is 0 Å². The lowest BCUT2D eigenvalue weighted by Gasteiger charge is -2.13. The molecule has 0 bridgehead atoms. The second-order valence-electron chi connectivity index (χ2n) is 4.44. The van der Waals surface area contributed by atoms with Gasteiger partial charge < -0.3 is 9.84 Å². The van der Waals surface area contributed by atoms with Crippen molar-refractivity contribution in [2.75, 3.05) is 6.61 Å². The molecule has 1 N–H and O–H groups in total. The molecule has 0 fully saturated rings. The molecule has 0 amide bonds. The Morgan fingerprint density at radius 2 is 1.89 bits per heavy atom. The van der Waals surface area contributed by atoms with Crippen LogP contribution in [0.1, 0.15) is 24.2 Å². The van der Waals surface area contributed by atoms with Crippen molar-refractivity contribution < 1.29 is 14.2 Å². The number of rotatable bonds is 5. The number of hydrogen-bond donors (Lipinski definition) is 1. The van der Waals surface area contributed by atoms with Gasteiger partial charge in [-0.2, -0.15) is 0 Å². The molecular weight excluding hydrogens is 243 g/mol. The largest absolute Gasteiger partial charge is 0.493 e. The third kappa shape index (κ3) is 3.80. The first-order valence-electron chi connectivity index (χ1n) is 6.31. The Hall–Kier alpha value is -1.87. The molecule has 0 heterocycles. The molecule has 1 unspecified atom stereocenters. The van der Waals surface area contributed by atoms with Crippen molar-refractivity contribution in [3.05, 3.63) is 65.5 Å². The number of ether oxygens (including phenoxy) is 1. The van der Waals surface area contributed by atoms with E-state index in [9.17, 15) is 9.50 Å². The first kappa shape index (κ1) is 13.6. The van der Waals surface area contributed by atoms with Crippen molar-refractivity contribution in [2.24, 2.45) is 0 Å². The van der Waals surface area contributed by atoms with Gasteiger partial charge in [-0.15, -0.1) is 0 Å². The smallest absolute Gasteiger partial charge is 0.128 e. The summed E-state index contributed by atoms with van der Waals surface area (Å²) in [4.78, 5) is 0. The zero-order chi connectivity index (χ0) is 13.7. The second kappa shape index (κ2) is 6.34. The summed E-state index contributed by atoms with van der Waals surface area (Å²) in [5.74, 6) is 0.0463. The Balaban J connectivity index is 2.01. The molecule has 2 rings (SSSR count). The molecule has 2 nitrogen and oxygen atoms in total. The van der Waals surface area contributed by atoms with Gasteiger partial charge in [0.15, 0.2) is 0 Å². The maximum absolute atomic E-state index is 13.2. The lowest BCUT2D eigenvalue weighted by atomic mass is 10.1. The molecular formula is C16H17FO2. The maximum Gasteiger partial charge on any atom is 0.128 e. The summed E-state index contributed by atoms with van der Waals surface area (Å²) in [5, 5.41) is 9.61. The second-order valence-corrected chi connectivity index (χ2v) is 4.44. The van der Waals surface area contributed by atoms with Gasteiger partial charge in [-0.3, -0.25) is 0 Å². The number of benzene rings is 2. The number of aliphatic hydroxyl groups is 1. The quantitative estimate of drug-likeness (QED) is 0.891. The van der Waals surface area contributed by atoms with Crippen LogP contribution in [0, 0.1) is 5.82 Å². The minimum absolute atomic E-state index is 0.362. The van der Waals surface area contributed by atoms with Gasteiger partial charge in [0.05, 0.1) is 12.7 Å². The third-order valence-electron chi connectivity index (χ3n) is 2.92. The Morgan fingerprint density at radius 3 is 2.58 bits per heavy atom. The van der Waals surface area contributed by atoms with Gasteiger partial charge >= 0.3 is 0 Å². The van der Waals surface area contributed by atoms with Crippen molar-refractivity contribution >= 4 is 0 Å². The molecule has 0 saturated heterocycles. The van der Waals surface area contributed by atoms with Crippen molar-refractivity contribution in [3.63, 3.8) is 0 Å². The van der Waals surface area contributed by atoms with Gasteiger partial charge in [0.1, 0.15) is 11.6 Å². The first-order valence-corrected chi connectivity index (χ1v) is 6.31. The Kier molecular flexibility index (Phi) is 4.53. The summed E-state index contributed by atoms with van der Waals surface area (Å²) in [6.07, 6.45) is 0.0729. The zero-order valence-corrected chi connectivity index (χ0v) is 10.8. The van der Waals surface area contributed by atoms with Crippen LogP contribution in [0.25, 0.3) is 0 Å². The topological polar surface area (TPSA) is 29.5 Å². The predicted octanol–water partition coefficient (Wildman–Crippen LogP) is 3.50. The summed E-state index contributed by atoms with van der Waals surface area (Å²) in [6.45, 7) is 2.09. The van der Waals surface area contributed by atoms with Crippen molar-refractivity contribution in [1.29, 1.82) is 0 Å². The highest BCUT2D eigenvalue weighted by Crippen LogP contribution is 2.26. The molecule has 0 aliphatic carbocycles. The molecule has 0 radical (unpaired) electrons. The van der Waals surface area contributed by atoms with Crippen molar-refractivity contribution in [1.82, 2.24) is 0 Å². The van der Waals surface area contributed by atoms with Crippen LogP contribution in [0.5, 0.6) is 5.75 Å². The summed E-state index contributed by atoms with van der Waals surface area (Å²) < 4.78 is 18.8. The fourth-order valence-corrected chi connectivity index (χ4v) is 1.90. The van der Waals surface area contributed by atoms with E-state index in [0.29, 0.717) is 17.9 Å². The van der Waals surface area contributed by atoms with Crippen LogP contribution >= 0.6 is 0 Å². The minimum atomic E-state index is -0.674. The zero-order valence-electron chi connectivity index (χ0n) is 10.8. The highest BCUT2D eigenvalue weighted by Gasteiger charge is 2.10. The first-order chi connectivity index (χ1) is 9.16. The molecule has 1 atom stereocenters. The minimum Gasteiger partial charge on any atom is -0.493 e. The maximum atomic E-state index is 13.2. The molecule has 0 aliphatic rings. The van der Waals surface area contributed by atoms with Crippen LogP contribution in [0.15, 0.2) is 48.5 Å². The standard InChI is InChI=1S/C16H17FO2/c1-12(18)15-8-7-14(17)11-16(15)19-10-9-13-5-3-2-4-6-13/h2-8,11-12,18H,9-10H2,1H3. The molecule has 0 saturated carbocycles. The van der Waals surface area contributed by atoms with Gasteiger partial charge in [-0.25, -0.2) is 4.39 Å². The van der Waals surface area contributed by atoms with E-state index >= 15 is 0 Å². The van der Waals surface area contributed by atoms with E-state index in [1.165, 1.54) is 12.1 Å². The van der Waals surface area contributed by atoms with Crippen LogP contribution in [-0.4, -0.2) is 11.7 Å². The molecule has 100 valence electrons. The van der Waals surface area contributed by atoms with E-state index in [4.69, 9.17) is 4.74 Å².